The highest BCUT2D eigenvalue weighted by molar-refractivity contribution is 8.18. The highest BCUT2D eigenvalue weighted by atomic mass is 35.5. The molecule has 0 saturated carbocycles. The summed E-state index contributed by atoms with van der Waals surface area (Å²) in [5, 5.41) is 11.4. The SMILES string of the molecule is COC(=O)/C=C1/S/C(=N\N=Cc2ccc(Cl)cc2Cl)NC1=O. The Bertz CT molecular complexity index is 716. The number of amidine groups is 1. The minimum absolute atomic E-state index is 0.185. The molecule has 0 aliphatic carbocycles. The molecule has 1 fully saturated rings. The Labute approximate surface area is 140 Å². The van der Waals surface area contributed by atoms with E-state index >= 15 is 0 Å². The number of carbonyl (C=O) groups is 2. The van der Waals surface area contributed by atoms with Crippen molar-refractivity contribution in [2.75, 3.05) is 7.11 Å². The van der Waals surface area contributed by atoms with Crippen LogP contribution < -0.4 is 5.32 Å². The van der Waals surface area contributed by atoms with Gasteiger partial charge in [-0.15, -0.1) is 5.10 Å². The first kappa shape index (κ1) is 16.5. The Morgan fingerprint density at radius 3 is 2.86 bits per heavy atom. The summed E-state index contributed by atoms with van der Waals surface area (Å²) in [4.78, 5) is 22.9. The number of methoxy groups -OCH3 is 1. The van der Waals surface area contributed by atoms with E-state index in [2.05, 4.69) is 20.3 Å². The number of ether oxygens (including phenoxy) is 1. The Kier molecular flexibility index (Phi) is 5.59. The third-order valence-electron chi connectivity index (χ3n) is 2.41. The number of halogens is 2. The van der Waals surface area contributed by atoms with Crippen LogP contribution >= 0.6 is 35.0 Å². The van der Waals surface area contributed by atoms with Crippen LogP contribution in [0.5, 0.6) is 0 Å². The van der Waals surface area contributed by atoms with Crippen molar-refractivity contribution in [3.8, 4) is 0 Å². The quantitative estimate of drug-likeness (QED) is 0.390. The van der Waals surface area contributed by atoms with Gasteiger partial charge in [0.05, 0.1) is 23.3 Å². The van der Waals surface area contributed by atoms with E-state index in [-0.39, 0.29) is 10.1 Å². The maximum Gasteiger partial charge on any atom is 0.331 e. The van der Waals surface area contributed by atoms with Gasteiger partial charge in [-0.1, -0.05) is 29.3 Å². The second-order valence-electron chi connectivity index (χ2n) is 3.90. The van der Waals surface area contributed by atoms with Crippen LogP contribution in [0.15, 0.2) is 39.4 Å². The van der Waals surface area contributed by atoms with Crippen LogP contribution in [0, 0.1) is 0 Å². The van der Waals surface area contributed by atoms with E-state index in [0.29, 0.717) is 15.6 Å². The molecule has 1 heterocycles. The number of nitrogens with zero attached hydrogens (tertiary/aromatic N) is 2. The molecule has 0 bridgehead atoms. The fourth-order valence-electron chi connectivity index (χ4n) is 1.39. The number of carbonyl (C=O) groups excluding carboxylic acids is 2. The smallest absolute Gasteiger partial charge is 0.331 e. The van der Waals surface area contributed by atoms with Crippen LogP contribution in [0.1, 0.15) is 5.56 Å². The fraction of sp³-hybridized carbons (Fsp3) is 0.0769. The molecule has 114 valence electrons. The topological polar surface area (TPSA) is 80.1 Å². The van der Waals surface area contributed by atoms with Gasteiger partial charge in [0.1, 0.15) is 0 Å². The van der Waals surface area contributed by atoms with E-state index in [1.54, 1.807) is 18.2 Å². The van der Waals surface area contributed by atoms with Crippen LogP contribution in [0.3, 0.4) is 0 Å². The van der Waals surface area contributed by atoms with Crippen molar-refractivity contribution in [2.24, 2.45) is 10.2 Å². The minimum atomic E-state index is -0.615. The molecular formula is C13H9Cl2N3O3S. The van der Waals surface area contributed by atoms with E-state index in [4.69, 9.17) is 23.2 Å². The summed E-state index contributed by atoms with van der Waals surface area (Å²) in [6.07, 6.45) is 2.52. The van der Waals surface area contributed by atoms with Crippen molar-refractivity contribution in [1.82, 2.24) is 5.32 Å². The molecule has 1 N–H and O–H groups in total. The highest BCUT2D eigenvalue weighted by Gasteiger charge is 2.24. The summed E-state index contributed by atoms with van der Waals surface area (Å²) in [5.74, 6) is -1.05. The molecule has 9 heteroatoms. The Balaban J connectivity index is 2.08. The Hall–Kier alpha value is -1.83. The van der Waals surface area contributed by atoms with E-state index in [1.807, 2.05) is 0 Å². The zero-order chi connectivity index (χ0) is 16.1. The van der Waals surface area contributed by atoms with Crippen molar-refractivity contribution in [1.29, 1.82) is 0 Å². The number of hydrogen-bond acceptors (Lipinski definition) is 6. The number of amides is 1. The molecule has 1 aromatic carbocycles. The average molecular weight is 358 g/mol. The van der Waals surface area contributed by atoms with Crippen molar-refractivity contribution < 1.29 is 14.3 Å². The summed E-state index contributed by atoms with van der Waals surface area (Å²) < 4.78 is 4.45. The molecule has 0 aromatic heterocycles. The molecule has 6 nitrogen and oxygen atoms in total. The molecular weight excluding hydrogens is 349 g/mol. The summed E-state index contributed by atoms with van der Waals surface area (Å²) in [5.41, 5.74) is 0.634. The van der Waals surface area contributed by atoms with Crippen LogP contribution in [0.2, 0.25) is 10.0 Å². The maximum atomic E-state index is 11.6. The molecule has 1 aromatic rings. The largest absolute Gasteiger partial charge is 0.466 e. The molecule has 1 aliphatic heterocycles. The standard InChI is InChI=1S/C13H9Cl2N3O3S/c1-21-11(19)5-10-12(20)17-13(22-10)18-16-6-7-2-3-8(14)4-9(7)15/h2-6H,1H3,(H,17,18,20)/b10-5+,16-6?. The third kappa shape index (κ3) is 4.33. The summed E-state index contributed by atoms with van der Waals surface area (Å²) in [6.45, 7) is 0. The number of rotatable bonds is 3. The molecule has 0 spiro atoms. The van der Waals surface area contributed by atoms with Crippen molar-refractivity contribution >= 4 is 58.2 Å². The summed E-state index contributed by atoms with van der Waals surface area (Å²) in [6, 6.07) is 4.95. The Morgan fingerprint density at radius 1 is 1.41 bits per heavy atom. The van der Waals surface area contributed by atoms with Gasteiger partial charge in [0, 0.05) is 16.7 Å². The molecule has 0 atom stereocenters. The fourth-order valence-corrected chi connectivity index (χ4v) is 2.59. The zero-order valence-corrected chi connectivity index (χ0v) is 13.5. The lowest BCUT2D eigenvalue weighted by atomic mass is 10.2. The van der Waals surface area contributed by atoms with Crippen LogP contribution in [0.4, 0.5) is 0 Å². The second kappa shape index (κ2) is 7.44. The lowest BCUT2D eigenvalue weighted by Crippen LogP contribution is -2.19. The number of hydrogen-bond donors (Lipinski definition) is 1. The minimum Gasteiger partial charge on any atom is -0.466 e. The second-order valence-corrected chi connectivity index (χ2v) is 5.78. The van der Waals surface area contributed by atoms with Crippen LogP contribution in [0.25, 0.3) is 0 Å². The van der Waals surface area contributed by atoms with Crippen molar-refractivity contribution in [3.63, 3.8) is 0 Å². The molecule has 0 unspecified atom stereocenters. The van der Waals surface area contributed by atoms with Crippen molar-refractivity contribution in [3.05, 3.63) is 44.8 Å². The van der Waals surface area contributed by atoms with E-state index < -0.39 is 11.9 Å². The van der Waals surface area contributed by atoms with Gasteiger partial charge in [-0.05, 0) is 23.9 Å². The van der Waals surface area contributed by atoms with Gasteiger partial charge < -0.3 is 4.74 Å². The molecule has 0 radical (unpaired) electrons. The van der Waals surface area contributed by atoms with Gasteiger partial charge in [0.25, 0.3) is 5.91 Å². The monoisotopic (exact) mass is 357 g/mol. The van der Waals surface area contributed by atoms with Crippen LogP contribution in [-0.2, 0) is 14.3 Å². The number of nitrogens with one attached hydrogen (secondary N) is 1. The van der Waals surface area contributed by atoms with Gasteiger partial charge in [-0.25, -0.2) is 4.79 Å². The van der Waals surface area contributed by atoms with E-state index in [1.165, 1.54) is 13.3 Å². The predicted octanol–water partition coefficient (Wildman–Crippen LogP) is 2.60. The van der Waals surface area contributed by atoms with E-state index in [0.717, 1.165) is 17.8 Å². The van der Waals surface area contributed by atoms with Gasteiger partial charge in [-0.3, -0.25) is 10.1 Å². The van der Waals surface area contributed by atoms with E-state index in [9.17, 15) is 9.59 Å². The molecule has 1 amide bonds. The van der Waals surface area contributed by atoms with Crippen LogP contribution in [-0.4, -0.2) is 30.4 Å². The normalized spacial score (nSPS) is 18.2. The maximum absolute atomic E-state index is 11.6. The van der Waals surface area contributed by atoms with Gasteiger partial charge in [0.2, 0.25) is 0 Å². The number of thioether (sulfide) groups is 1. The molecule has 2 rings (SSSR count). The number of esters is 1. The lowest BCUT2D eigenvalue weighted by molar-refractivity contribution is -0.135. The summed E-state index contributed by atoms with van der Waals surface area (Å²) >= 11 is 12.8. The third-order valence-corrected chi connectivity index (χ3v) is 3.87. The van der Waals surface area contributed by atoms with Gasteiger partial charge in [0.15, 0.2) is 5.17 Å². The van der Waals surface area contributed by atoms with Crippen molar-refractivity contribution in [2.45, 2.75) is 0 Å². The lowest BCUT2D eigenvalue weighted by Gasteiger charge is -1.96. The average Bonchev–Trinajstić information content (AvgIpc) is 2.81. The molecule has 22 heavy (non-hydrogen) atoms. The number of benzene rings is 1. The van der Waals surface area contributed by atoms with Gasteiger partial charge in [-0.2, -0.15) is 5.10 Å². The first-order chi connectivity index (χ1) is 10.5. The predicted molar refractivity (Wildman–Crippen MR) is 87.3 cm³/mol. The first-order valence-electron chi connectivity index (χ1n) is 5.84. The van der Waals surface area contributed by atoms with Gasteiger partial charge >= 0.3 is 5.97 Å². The highest BCUT2D eigenvalue weighted by Crippen LogP contribution is 2.23. The first-order valence-corrected chi connectivity index (χ1v) is 7.42. The molecule has 1 aliphatic rings. The zero-order valence-electron chi connectivity index (χ0n) is 11.2. The summed E-state index contributed by atoms with van der Waals surface area (Å²) in [7, 11) is 1.23. The Morgan fingerprint density at radius 2 is 2.18 bits per heavy atom. The molecule has 1 saturated heterocycles.